The van der Waals surface area contributed by atoms with E-state index in [0.29, 0.717) is 6.04 Å². The van der Waals surface area contributed by atoms with Gasteiger partial charge in [0.15, 0.2) is 0 Å². The van der Waals surface area contributed by atoms with Crippen LogP contribution in [0, 0.1) is 5.92 Å². The maximum Gasteiger partial charge on any atom is 0.241 e. The Kier molecular flexibility index (Phi) is 5.44. The Hall–Kier alpha value is -1.52. The largest absolute Gasteiger partial charge is 0.380 e. The van der Waals surface area contributed by atoms with Crippen molar-refractivity contribution in [2.45, 2.75) is 58.0 Å². The minimum absolute atomic E-state index is 0.0280. The first-order valence-electron chi connectivity index (χ1n) is 7.70. The van der Waals surface area contributed by atoms with Crippen LogP contribution >= 0.6 is 0 Å². The fraction of sp³-hybridized carbons (Fsp3) is 0.733. The number of carbonyl (C=O) groups excluding carboxylic acids is 1. The molecule has 1 aliphatic rings. The topological polar surface area (TPSA) is 59.0 Å². The molecule has 20 heavy (non-hydrogen) atoms. The van der Waals surface area contributed by atoms with Gasteiger partial charge in [0.25, 0.3) is 0 Å². The highest BCUT2D eigenvalue weighted by Crippen LogP contribution is 2.29. The van der Waals surface area contributed by atoms with Crippen LogP contribution in [0.15, 0.2) is 12.4 Å². The van der Waals surface area contributed by atoms with E-state index in [1.54, 1.807) is 17.9 Å². The van der Waals surface area contributed by atoms with Gasteiger partial charge in [-0.3, -0.25) is 9.48 Å². The molecule has 1 saturated carbocycles. The maximum atomic E-state index is 11.3. The Morgan fingerprint density at radius 2 is 2.15 bits per heavy atom. The highest BCUT2D eigenvalue weighted by Gasteiger charge is 2.20. The second-order valence-electron chi connectivity index (χ2n) is 5.75. The van der Waals surface area contributed by atoms with Crippen molar-refractivity contribution in [2.75, 3.05) is 12.4 Å². The predicted octanol–water partition coefficient (Wildman–Crippen LogP) is 2.40. The van der Waals surface area contributed by atoms with Crippen molar-refractivity contribution >= 4 is 11.6 Å². The molecule has 2 rings (SSSR count). The first-order valence-corrected chi connectivity index (χ1v) is 7.70. The van der Waals surface area contributed by atoms with E-state index in [0.717, 1.165) is 11.6 Å². The van der Waals surface area contributed by atoms with E-state index in [2.05, 4.69) is 22.7 Å². The van der Waals surface area contributed by atoms with Crippen molar-refractivity contribution in [3.63, 3.8) is 0 Å². The number of carbonyl (C=O) groups is 1. The average Bonchev–Trinajstić information content (AvgIpc) is 2.88. The summed E-state index contributed by atoms with van der Waals surface area (Å²) in [6.45, 7) is 2.55. The molecule has 0 saturated heterocycles. The molecule has 1 aromatic heterocycles. The van der Waals surface area contributed by atoms with E-state index in [1.165, 1.54) is 38.5 Å². The van der Waals surface area contributed by atoms with E-state index in [-0.39, 0.29) is 12.5 Å². The normalized spacial score (nSPS) is 22.5. The number of hydrogen-bond acceptors (Lipinski definition) is 3. The van der Waals surface area contributed by atoms with E-state index >= 15 is 0 Å². The molecule has 2 N–H and O–H groups in total. The number of hydrogen-bond donors (Lipinski definition) is 2. The standard InChI is InChI=1S/C15H26N4O/c1-3-4-12-5-7-13(8-6-12)18-14-9-17-19(10-14)11-15(20)16-2/h9-10,12-13,18H,3-8,11H2,1-2H3,(H,16,20). The van der Waals surface area contributed by atoms with Gasteiger partial charge in [0.1, 0.15) is 6.54 Å². The molecule has 0 unspecified atom stereocenters. The Labute approximate surface area is 121 Å². The zero-order valence-corrected chi connectivity index (χ0v) is 12.6. The molecule has 0 spiro atoms. The third kappa shape index (κ3) is 4.25. The van der Waals surface area contributed by atoms with Crippen LogP contribution in [-0.4, -0.2) is 28.8 Å². The van der Waals surface area contributed by atoms with Crippen molar-refractivity contribution in [3.8, 4) is 0 Å². The number of likely N-dealkylation sites (N-methyl/N-ethyl adjacent to an activating group) is 1. The van der Waals surface area contributed by atoms with Gasteiger partial charge in [-0.1, -0.05) is 19.8 Å². The van der Waals surface area contributed by atoms with Crippen molar-refractivity contribution in [1.82, 2.24) is 15.1 Å². The van der Waals surface area contributed by atoms with Crippen molar-refractivity contribution < 1.29 is 4.79 Å². The molecule has 1 heterocycles. The lowest BCUT2D eigenvalue weighted by Gasteiger charge is -2.29. The summed E-state index contributed by atoms with van der Waals surface area (Å²) in [7, 11) is 1.64. The van der Waals surface area contributed by atoms with Crippen LogP contribution in [0.25, 0.3) is 0 Å². The average molecular weight is 278 g/mol. The highest BCUT2D eigenvalue weighted by atomic mass is 16.1. The third-order valence-corrected chi connectivity index (χ3v) is 4.13. The fourth-order valence-corrected chi connectivity index (χ4v) is 2.99. The van der Waals surface area contributed by atoms with Crippen LogP contribution in [0.4, 0.5) is 5.69 Å². The number of amides is 1. The van der Waals surface area contributed by atoms with Crippen molar-refractivity contribution in [2.24, 2.45) is 5.92 Å². The molecule has 1 aliphatic carbocycles. The first-order chi connectivity index (χ1) is 9.71. The van der Waals surface area contributed by atoms with Crippen LogP contribution in [0.5, 0.6) is 0 Å². The maximum absolute atomic E-state index is 11.3. The smallest absolute Gasteiger partial charge is 0.241 e. The summed E-state index contributed by atoms with van der Waals surface area (Å²) in [4.78, 5) is 11.3. The molecule has 1 amide bonds. The van der Waals surface area contributed by atoms with Gasteiger partial charge in [-0.05, 0) is 31.6 Å². The van der Waals surface area contributed by atoms with Crippen LogP contribution in [0.1, 0.15) is 45.4 Å². The lowest BCUT2D eigenvalue weighted by atomic mass is 9.83. The SMILES string of the molecule is CCCC1CCC(Nc2cnn(CC(=O)NC)c2)CC1. The number of nitrogens with one attached hydrogen (secondary N) is 2. The molecule has 0 atom stereocenters. The van der Waals surface area contributed by atoms with E-state index in [1.807, 2.05) is 6.20 Å². The molecule has 0 radical (unpaired) electrons. The monoisotopic (exact) mass is 278 g/mol. The minimum Gasteiger partial charge on any atom is -0.380 e. The minimum atomic E-state index is -0.0280. The van der Waals surface area contributed by atoms with E-state index in [4.69, 9.17) is 0 Å². The van der Waals surface area contributed by atoms with Gasteiger partial charge >= 0.3 is 0 Å². The lowest BCUT2D eigenvalue weighted by Crippen LogP contribution is -2.26. The van der Waals surface area contributed by atoms with Gasteiger partial charge in [0, 0.05) is 19.3 Å². The molecule has 5 heteroatoms. The fourth-order valence-electron chi connectivity index (χ4n) is 2.99. The van der Waals surface area contributed by atoms with E-state index < -0.39 is 0 Å². The van der Waals surface area contributed by atoms with Crippen LogP contribution in [0.3, 0.4) is 0 Å². The summed E-state index contributed by atoms with van der Waals surface area (Å²) in [6, 6.07) is 0.556. The zero-order valence-electron chi connectivity index (χ0n) is 12.6. The van der Waals surface area contributed by atoms with Gasteiger partial charge in [0.2, 0.25) is 5.91 Å². The molecule has 5 nitrogen and oxygen atoms in total. The highest BCUT2D eigenvalue weighted by molar-refractivity contribution is 5.75. The molecule has 0 bridgehead atoms. The van der Waals surface area contributed by atoms with Crippen LogP contribution in [0.2, 0.25) is 0 Å². The van der Waals surface area contributed by atoms with Crippen LogP contribution < -0.4 is 10.6 Å². The van der Waals surface area contributed by atoms with Crippen molar-refractivity contribution in [3.05, 3.63) is 12.4 Å². The molecule has 0 aliphatic heterocycles. The summed E-state index contributed by atoms with van der Waals surface area (Å²) in [5, 5.41) is 10.3. The second kappa shape index (κ2) is 7.31. The number of anilines is 1. The number of nitrogens with zero attached hydrogens (tertiary/aromatic N) is 2. The number of rotatable bonds is 6. The van der Waals surface area contributed by atoms with Gasteiger partial charge in [-0.2, -0.15) is 5.10 Å². The molecule has 112 valence electrons. The van der Waals surface area contributed by atoms with Gasteiger partial charge in [0.05, 0.1) is 11.9 Å². The summed E-state index contributed by atoms with van der Waals surface area (Å²) >= 11 is 0. The van der Waals surface area contributed by atoms with Crippen LogP contribution in [-0.2, 0) is 11.3 Å². The molecular formula is C15H26N4O. The number of aromatic nitrogens is 2. The first kappa shape index (κ1) is 14.9. The molecule has 1 aromatic rings. The van der Waals surface area contributed by atoms with E-state index in [9.17, 15) is 4.79 Å². The Morgan fingerprint density at radius 3 is 2.80 bits per heavy atom. The lowest BCUT2D eigenvalue weighted by molar-refractivity contribution is -0.121. The second-order valence-corrected chi connectivity index (χ2v) is 5.75. The quantitative estimate of drug-likeness (QED) is 0.840. The van der Waals surface area contributed by atoms with Gasteiger partial charge in [-0.15, -0.1) is 0 Å². The van der Waals surface area contributed by atoms with Gasteiger partial charge < -0.3 is 10.6 Å². The third-order valence-electron chi connectivity index (χ3n) is 4.13. The predicted molar refractivity (Wildman–Crippen MR) is 80.6 cm³/mol. The Balaban J connectivity index is 1.78. The summed E-state index contributed by atoms with van der Waals surface area (Å²) in [5.74, 6) is 0.897. The Bertz CT molecular complexity index is 421. The Morgan fingerprint density at radius 1 is 1.40 bits per heavy atom. The zero-order chi connectivity index (χ0) is 14.4. The van der Waals surface area contributed by atoms with Crippen molar-refractivity contribution in [1.29, 1.82) is 0 Å². The summed E-state index contributed by atoms with van der Waals surface area (Å²) in [5.41, 5.74) is 1.02. The summed E-state index contributed by atoms with van der Waals surface area (Å²) in [6.07, 6.45) is 11.5. The molecule has 0 aromatic carbocycles. The molecule has 1 fully saturated rings. The summed E-state index contributed by atoms with van der Waals surface area (Å²) < 4.78 is 1.67. The molecular weight excluding hydrogens is 252 g/mol. The van der Waals surface area contributed by atoms with Gasteiger partial charge in [-0.25, -0.2) is 0 Å².